The van der Waals surface area contributed by atoms with E-state index in [1.54, 1.807) is 12.3 Å². The number of nitrogens with one attached hydrogen (secondary N) is 2. The number of carbonyl (C=O) groups excluding carboxylic acids is 2. The number of benzene rings is 1. The highest BCUT2D eigenvalue weighted by atomic mass is 16.5. The predicted molar refractivity (Wildman–Crippen MR) is 114 cm³/mol. The number of amides is 1. The van der Waals surface area contributed by atoms with Gasteiger partial charge in [-0.1, -0.05) is 6.07 Å². The molecule has 1 amide bonds. The number of aromatic nitrogens is 1. The lowest BCUT2D eigenvalue weighted by Crippen LogP contribution is -2.31. The van der Waals surface area contributed by atoms with Crippen molar-refractivity contribution in [2.75, 3.05) is 25.6 Å². The van der Waals surface area contributed by atoms with E-state index in [0.717, 1.165) is 49.0 Å². The van der Waals surface area contributed by atoms with Crippen LogP contribution in [-0.2, 0) is 9.47 Å². The van der Waals surface area contributed by atoms with Gasteiger partial charge >= 0.3 is 5.97 Å². The van der Waals surface area contributed by atoms with Gasteiger partial charge in [0.25, 0.3) is 5.91 Å². The molecule has 1 atom stereocenters. The average molecular weight is 409 g/mol. The number of hydrogen-bond acceptors (Lipinski definition) is 6. The Morgan fingerprint density at radius 3 is 2.70 bits per heavy atom. The summed E-state index contributed by atoms with van der Waals surface area (Å²) in [4.78, 5) is 29.4. The molecule has 1 aliphatic heterocycles. The number of methoxy groups -OCH3 is 1. The molecule has 7 heteroatoms. The van der Waals surface area contributed by atoms with E-state index in [4.69, 9.17) is 9.47 Å². The second-order valence-electron chi connectivity index (χ2n) is 7.95. The van der Waals surface area contributed by atoms with Crippen molar-refractivity contribution in [3.63, 3.8) is 0 Å². The fourth-order valence-corrected chi connectivity index (χ4v) is 3.61. The van der Waals surface area contributed by atoms with Crippen molar-refractivity contribution in [2.45, 2.75) is 44.7 Å². The van der Waals surface area contributed by atoms with E-state index in [2.05, 4.69) is 15.6 Å². The molecule has 0 spiro atoms. The minimum Gasteiger partial charge on any atom is -0.465 e. The van der Waals surface area contributed by atoms with Gasteiger partial charge in [-0.25, -0.2) is 9.78 Å². The highest BCUT2D eigenvalue weighted by molar-refractivity contribution is 5.98. The van der Waals surface area contributed by atoms with Gasteiger partial charge in [0.1, 0.15) is 11.4 Å². The second-order valence-corrected chi connectivity index (χ2v) is 7.95. The Hall–Kier alpha value is -2.93. The predicted octanol–water partition coefficient (Wildman–Crippen LogP) is 3.33. The zero-order valence-corrected chi connectivity index (χ0v) is 17.4. The molecule has 1 aromatic heterocycles. The van der Waals surface area contributed by atoms with E-state index in [-0.39, 0.29) is 11.9 Å². The molecule has 7 nitrogen and oxygen atoms in total. The van der Waals surface area contributed by atoms with Crippen LogP contribution >= 0.6 is 0 Å². The number of pyridine rings is 1. The molecule has 2 N–H and O–H groups in total. The van der Waals surface area contributed by atoms with Crippen molar-refractivity contribution in [3.8, 4) is 11.1 Å². The molecule has 1 saturated carbocycles. The first-order chi connectivity index (χ1) is 14.5. The summed E-state index contributed by atoms with van der Waals surface area (Å²) >= 11 is 0. The molecule has 0 radical (unpaired) electrons. The molecule has 0 bridgehead atoms. The maximum Gasteiger partial charge on any atom is 0.341 e. The van der Waals surface area contributed by atoms with Gasteiger partial charge in [0.15, 0.2) is 0 Å². The summed E-state index contributed by atoms with van der Waals surface area (Å²) < 4.78 is 10.5. The Kier molecular flexibility index (Phi) is 5.99. The summed E-state index contributed by atoms with van der Waals surface area (Å²) in [5, 5.41) is 6.33. The number of nitrogens with zero attached hydrogens (tertiary/aromatic N) is 1. The smallest absolute Gasteiger partial charge is 0.341 e. The number of carbonyl (C=O) groups is 2. The number of rotatable bonds is 6. The maximum atomic E-state index is 12.5. The first-order valence-corrected chi connectivity index (χ1v) is 10.4. The van der Waals surface area contributed by atoms with Crippen LogP contribution in [0.4, 0.5) is 5.82 Å². The fourth-order valence-electron chi connectivity index (χ4n) is 3.61. The summed E-state index contributed by atoms with van der Waals surface area (Å²) in [7, 11) is 1.36. The molecule has 158 valence electrons. The first kappa shape index (κ1) is 20.3. The number of esters is 1. The summed E-state index contributed by atoms with van der Waals surface area (Å²) in [6.07, 6.45) is 5.73. The molecule has 2 fully saturated rings. The lowest BCUT2D eigenvalue weighted by atomic mass is 9.97. The quantitative estimate of drug-likeness (QED) is 0.712. The van der Waals surface area contributed by atoms with E-state index in [9.17, 15) is 9.59 Å². The van der Waals surface area contributed by atoms with Crippen LogP contribution in [-0.4, -0.2) is 49.3 Å². The molecule has 2 aliphatic rings. The zero-order valence-electron chi connectivity index (χ0n) is 17.4. The molecule has 1 aromatic carbocycles. The van der Waals surface area contributed by atoms with Crippen molar-refractivity contribution < 1.29 is 19.1 Å². The molecule has 2 heterocycles. The Morgan fingerprint density at radius 2 is 2.00 bits per heavy atom. The van der Waals surface area contributed by atoms with Crippen LogP contribution in [0.2, 0.25) is 0 Å². The highest BCUT2D eigenvalue weighted by Crippen LogP contribution is 2.29. The van der Waals surface area contributed by atoms with Crippen molar-refractivity contribution in [1.29, 1.82) is 0 Å². The molecule has 1 aliphatic carbocycles. The third-order valence-electron chi connectivity index (χ3n) is 5.52. The summed E-state index contributed by atoms with van der Waals surface area (Å²) in [6, 6.07) is 7.77. The van der Waals surface area contributed by atoms with Gasteiger partial charge in [-0.3, -0.25) is 4.79 Å². The van der Waals surface area contributed by atoms with Crippen LogP contribution in [0.15, 0.2) is 30.5 Å². The molecule has 4 rings (SSSR count). The zero-order chi connectivity index (χ0) is 21.1. The number of aryl methyl sites for hydroxylation is 1. The standard InChI is InChI=1S/C23H27N3O4/c1-14-5-6-15(22(27)26-17-7-8-17)10-19(14)16-11-20(23(28)29-2)21(24-12-16)25-18-4-3-9-30-13-18/h5-6,10-12,17-18H,3-4,7-9,13H2,1-2H3,(H,24,25)(H,26,27). The van der Waals surface area contributed by atoms with Gasteiger partial charge in [-0.05, 0) is 61.9 Å². The van der Waals surface area contributed by atoms with Crippen LogP contribution in [0, 0.1) is 6.92 Å². The monoisotopic (exact) mass is 409 g/mol. The molecule has 30 heavy (non-hydrogen) atoms. The van der Waals surface area contributed by atoms with Crippen molar-refractivity contribution in [3.05, 3.63) is 47.2 Å². The SMILES string of the molecule is COC(=O)c1cc(-c2cc(C(=O)NC3CC3)ccc2C)cnc1NC1CCCOC1. The van der Waals surface area contributed by atoms with E-state index in [1.807, 2.05) is 25.1 Å². The fraction of sp³-hybridized carbons (Fsp3) is 0.435. The molecule has 2 aromatic rings. The van der Waals surface area contributed by atoms with Crippen molar-refractivity contribution >= 4 is 17.7 Å². The van der Waals surface area contributed by atoms with E-state index in [0.29, 0.717) is 29.6 Å². The minimum atomic E-state index is -0.455. The lowest BCUT2D eigenvalue weighted by molar-refractivity contribution is 0.0600. The third-order valence-corrected chi connectivity index (χ3v) is 5.52. The largest absolute Gasteiger partial charge is 0.465 e. The van der Waals surface area contributed by atoms with Gasteiger partial charge in [-0.15, -0.1) is 0 Å². The Morgan fingerprint density at radius 1 is 1.17 bits per heavy atom. The summed E-state index contributed by atoms with van der Waals surface area (Å²) in [5.74, 6) is -0.0410. The van der Waals surface area contributed by atoms with E-state index < -0.39 is 5.97 Å². The molecular weight excluding hydrogens is 382 g/mol. The van der Waals surface area contributed by atoms with Gasteiger partial charge in [-0.2, -0.15) is 0 Å². The maximum absolute atomic E-state index is 12.5. The Bertz CT molecular complexity index is 949. The number of anilines is 1. The topological polar surface area (TPSA) is 89.6 Å². The molecule has 1 unspecified atom stereocenters. The number of ether oxygens (including phenoxy) is 2. The average Bonchev–Trinajstić information content (AvgIpc) is 3.58. The van der Waals surface area contributed by atoms with Gasteiger partial charge in [0.05, 0.1) is 19.8 Å². The normalized spacial score (nSPS) is 18.5. The highest BCUT2D eigenvalue weighted by Gasteiger charge is 2.24. The first-order valence-electron chi connectivity index (χ1n) is 10.4. The second kappa shape index (κ2) is 8.83. The van der Waals surface area contributed by atoms with Crippen LogP contribution in [0.1, 0.15) is 52.0 Å². The summed E-state index contributed by atoms with van der Waals surface area (Å²) in [6.45, 7) is 3.32. The van der Waals surface area contributed by atoms with Crippen LogP contribution in [0.5, 0.6) is 0 Å². The van der Waals surface area contributed by atoms with Gasteiger partial charge in [0.2, 0.25) is 0 Å². The lowest BCUT2D eigenvalue weighted by Gasteiger charge is -2.24. The van der Waals surface area contributed by atoms with E-state index >= 15 is 0 Å². The molecular formula is C23H27N3O4. The van der Waals surface area contributed by atoms with Crippen molar-refractivity contribution in [2.24, 2.45) is 0 Å². The van der Waals surface area contributed by atoms with Crippen LogP contribution in [0.25, 0.3) is 11.1 Å². The Labute approximate surface area is 176 Å². The van der Waals surface area contributed by atoms with Crippen LogP contribution in [0.3, 0.4) is 0 Å². The number of hydrogen-bond donors (Lipinski definition) is 2. The third kappa shape index (κ3) is 4.62. The van der Waals surface area contributed by atoms with Crippen molar-refractivity contribution in [1.82, 2.24) is 10.3 Å². The molecule has 1 saturated heterocycles. The summed E-state index contributed by atoms with van der Waals surface area (Å²) in [5.41, 5.74) is 3.59. The Balaban J connectivity index is 1.64. The van der Waals surface area contributed by atoms with Crippen LogP contribution < -0.4 is 10.6 Å². The van der Waals surface area contributed by atoms with Gasteiger partial charge < -0.3 is 20.1 Å². The van der Waals surface area contributed by atoms with E-state index in [1.165, 1.54) is 7.11 Å². The minimum absolute atomic E-state index is 0.0736. The van der Waals surface area contributed by atoms with Gasteiger partial charge in [0, 0.05) is 30.0 Å².